The van der Waals surface area contributed by atoms with E-state index in [1.165, 1.54) is 64.7 Å². The molecule has 7 aromatic rings. The Morgan fingerprint density at radius 2 is 1.07 bits per heavy atom. The Bertz CT molecular complexity index is 2300. The second-order valence-electron chi connectivity index (χ2n) is 13.4. The highest BCUT2D eigenvalue weighted by molar-refractivity contribution is 7.26. The highest BCUT2D eigenvalue weighted by atomic mass is 32.1. The van der Waals surface area contributed by atoms with Crippen molar-refractivity contribution < 1.29 is 0 Å². The molecule has 0 fully saturated rings. The van der Waals surface area contributed by atoms with Gasteiger partial charge in [0.15, 0.2) is 0 Å². The molecule has 1 nitrogen and oxygen atoms in total. The largest absolute Gasteiger partial charge is 0.311 e. The summed E-state index contributed by atoms with van der Waals surface area (Å²) in [4.78, 5) is 2.48. The molecule has 212 valence electrons. The highest BCUT2D eigenvalue weighted by Gasteiger charge is 2.40. The van der Waals surface area contributed by atoms with Gasteiger partial charge in [0.1, 0.15) is 16.1 Å². The third-order valence-corrected chi connectivity index (χ3v) is 18.5. The van der Waals surface area contributed by atoms with Crippen LogP contribution in [0.4, 0.5) is 17.1 Å². The van der Waals surface area contributed by atoms with Crippen LogP contribution in [0.2, 0.25) is 26.2 Å². The van der Waals surface area contributed by atoms with Crippen molar-refractivity contribution in [2.24, 2.45) is 0 Å². The summed E-state index contributed by atoms with van der Waals surface area (Å²) in [5.74, 6) is 0. The maximum Gasteiger partial charge on any atom is 0.114 e. The molecule has 0 radical (unpaired) electrons. The maximum atomic E-state index is 2.54. The Morgan fingerprint density at radius 3 is 1.86 bits per heavy atom. The monoisotopic (exact) mass is 615 g/mol. The van der Waals surface area contributed by atoms with Crippen LogP contribution in [0.15, 0.2) is 127 Å². The van der Waals surface area contributed by atoms with Crippen molar-refractivity contribution in [3.8, 4) is 22.3 Å². The minimum Gasteiger partial charge on any atom is -0.311 e. The minimum atomic E-state index is -1.92. The molecule has 44 heavy (non-hydrogen) atoms. The zero-order valence-electron chi connectivity index (χ0n) is 25.5. The number of hydrogen-bond acceptors (Lipinski definition) is 2. The molecular weight excluding hydrogens is 583 g/mol. The Kier molecular flexibility index (Phi) is 5.45. The number of thiophene rings is 1. The van der Waals surface area contributed by atoms with E-state index in [9.17, 15) is 0 Å². The summed E-state index contributed by atoms with van der Waals surface area (Å²) in [7, 11) is -3.73. The molecule has 0 amide bonds. The predicted molar refractivity (Wildman–Crippen MR) is 198 cm³/mol. The van der Waals surface area contributed by atoms with Crippen molar-refractivity contribution in [2.75, 3.05) is 4.90 Å². The number of hydrogen-bond donors (Lipinski definition) is 0. The van der Waals surface area contributed by atoms with Gasteiger partial charge in [-0.3, -0.25) is 0 Å². The molecule has 0 N–H and O–H groups in total. The second kappa shape index (κ2) is 9.15. The van der Waals surface area contributed by atoms with Crippen LogP contribution >= 0.6 is 11.3 Å². The van der Waals surface area contributed by atoms with Crippen LogP contribution in [0.3, 0.4) is 0 Å². The summed E-state index contributed by atoms with van der Waals surface area (Å²) in [5, 5.41) is 8.96. The molecule has 0 unspecified atom stereocenters. The number of benzene rings is 6. The van der Waals surface area contributed by atoms with Crippen LogP contribution in [-0.4, -0.2) is 16.1 Å². The molecule has 0 saturated carbocycles. The van der Waals surface area contributed by atoms with E-state index in [4.69, 9.17) is 0 Å². The fourth-order valence-corrected chi connectivity index (χ4v) is 15.5. The lowest BCUT2D eigenvalue weighted by molar-refractivity contribution is 1.29. The number of nitrogens with zero attached hydrogens (tertiary/aromatic N) is 1. The molecular formula is C40H33NSSi2. The number of fused-ring (bicyclic) bond motifs is 10. The summed E-state index contributed by atoms with van der Waals surface area (Å²) in [6.07, 6.45) is 0. The van der Waals surface area contributed by atoms with E-state index >= 15 is 0 Å². The average molecular weight is 616 g/mol. The molecule has 0 atom stereocenters. The van der Waals surface area contributed by atoms with Crippen molar-refractivity contribution in [1.29, 1.82) is 0 Å². The standard InChI is InChI=1S/C40H33NSSi2/c1-43(2)35-17-11-9-15-30(35)31-20-18-27(24-37(31)43)41(26-12-6-5-7-13-26)28-19-21-33-38(25-28)44(3,4)36-23-22-32-29-14-8-10-16-34(29)42-40(32)39(33)36/h5-25H,1-4H3. The maximum absolute atomic E-state index is 2.54. The van der Waals surface area contributed by atoms with Gasteiger partial charge in [-0.05, 0) is 85.5 Å². The van der Waals surface area contributed by atoms with Gasteiger partial charge >= 0.3 is 0 Å². The highest BCUT2D eigenvalue weighted by Crippen LogP contribution is 2.44. The molecule has 0 saturated heterocycles. The zero-order valence-corrected chi connectivity index (χ0v) is 28.3. The molecule has 0 bridgehead atoms. The Balaban J connectivity index is 1.24. The van der Waals surface area contributed by atoms with Crippen molar-refractivity contribution in [1.82, 2.24) is 0 Å². The van der Waals surface area contributed by atoms with Gasteiger partial charge in [0.2, 0.25) is 0 Å². The van der Waals surface area contributed by atoms with Gasteiger partial charge in [0.05, 0.1) is 0 Å². The fourth-order valence-electron chi connectivity index (χ4n) is 7.98. The molecule has 2 aliphatic heterocycles. The van der Waals surface area contributed by atoms with Gasteiger partial charge in [0.25, 0.3) is 0 Å². The number of para-hydroxylation sites is 1. The summed E-state index contributed by atoms with van der Waals surface area (Å²) in [6, 6.07) is 48.2. The van der Waals surface area contributed by atoms with Crippen LogP contribution < -0.4 is 25.6 Å². The minimum absolute atomic E-state index is 1.20. The Hall–Kier alpha value is -4.23. The lowest BCUT2D eigenvalue weighted by Gasteiger charge is -2.29. The van der Waals surface area contributed by atoms with Gasteiger partial charge in [-0.25, -0.2) is 0 Å². The van der Waals surface area contributed by atoms with Crippen LogP contribution in [0.25, 0.3) is 42.4 Å². The first kappa shape index (κ1) is 26.2. The Labute approximate surface area is 265 Å². The van der Waals surface area contributed by atoms with Crippen molar-refractivity contribution >= 4 is 85.5 Å². The summed E-state index contributed by atoms with van der Waals surface area (Å²) in [5.41, 5.74) is 9.44. The SMILES string of the molecule is C[Si]1(C)c2ccccc2-c2ccc(N(c3ccccc3)c3ccc4c(c3)[Si](C)(C)c3ccc5c(sc6ccccc65)c3-4)cc21. The van der Waals surface area contributed by atoms with Crippen LogP contribution in [0, 0.1) is 0 Å². The summed E-state index contributed by atoms with van der Waals surface area (Å²) in [6.45, 7) is 10.1. The molecule has 4 heteroatoms. The first-order valence-corrected chi connectivity index (χ1v) is 22.3. The first-order chi connectivity index (χ1) is 21.3. The molecule has 9 rings (SSSR count). The number of rotatable bonds is 3. The van der Waals surface area contributed by atoms with E-state index in [0.717, 1.165) is 0 Å². The quantitative estimate of drug-likeness (QED) is 0.179. The van der Waals surface area contributed by atoms with E-state index in [1.54, 1.807) is 15.6 Å². The normalized spacial score (nSPS) is 15.2. The van der Waals surface area contributed by atoms with E-state index < -0.39 is 16.1 Å². The third-order valence-electron chi connectivity index (χ3n) is 10.3. The van der Waals surface area contributed by atoms with Crippen LogP contribution in [-0.2, 0) is 0 Å². The molecule has 0 aliphatic carbocycles. The molecule has 2 aliphatic rings. The first-order valence-electron chi connectivity index (χ1n) is 15.5. The van der Waals surface area contributed by atoms with Gasteiger partial charge in [-0.15, -0.1) is 11.3 Å². The molecule has 3 heterocycles. The van der Waals surface area contributed by atoms with Gasteiger partial charge in [0, 0.05) is 37.2 Å². The van der Waals surface area contributed by atoms with Gasteiger partial charge < -0.3 is 4.90 Å². The van der Waals surface area contributed by atoms with E-state index in [-0.39, 0.29) is 0 Å². The smallest absolute Gasteiger partial charge is 0.114 e. The number of anilines is 3. The molecule has 1 aromatic heterocycles. The van der Waals surface area contributed by atoms with E-state index in [1.807, 2.05) is 11.3 Å². The molecule has 6 aromatic carbocycles. The van der Waals surface area contributed by atoms with Gasteiger partial charge in [-0.2, -0.15) is 0 Å². The fraction of sp³-hybridized carbons (Fsp3) is 0.100. The van der Waals surface area contributed by atoms with Crippen LogP contribution in [0.5, 0.6) is 0 Å². The lowest BCUT2D eigenvalue weighted by Crippen LogP contribution is -2.49. The zero-order chi connectivity index (χ0) is 29.8. The van der Waals surface area contributed by atoms with E-state index in [0.29, 0.717) is 0 Å². The average Bonchev–Trinajstić information content (AvgIpc) is 3.62. The third kappa shape index (κ3) is 3.50. The second-order valence-corrected chi connectivity index (χ2v) is 23.1. The van der Waals surface area contributed by atoms with Gasteiger partial charge in [-0.1, -0.05) is 111 Å². The lowest BCUT2D eigenvalue weighted by atomic mass is 10.0. The predicted octanol–water partition coefficient (Wildman–Crippen LogP) is 9.13. The Morgan fingerprint density at radius 1 is 0.455 bits per heavy atom. The van der Waals surface area contributed by atoms with Crippen molar-refractivity contribution in [2.45, 2.75) is 26.2 Å². The van der Waals surface area contributed by atoms with Crippen molar-refractivity contribution in [3.05, 3.63) is 127 Å². The van der Waals surface area contributed by atoms with Crippen LogP contribution in [0.1, 0.15) is 0 Å². The summed E-state index contributed by atoms with van der Waals surface area (Å²) < 4.78 is 2.82. The summed E-state index contributed by atoms with van der Waals surface area (Å²) >= 11 is 1.96. The molecule has 0 spiro atoms. The van der Waals surface area contributed by atoms with E-state index in [2.05, 4.69) is 158 Å². The van der Waals surface area contributed by atoms with Crippen molar-refractivity contribution in [3.63, 3.8) is 0 Å². The topological polar surface area (TPSA) is 3.24 Å².